The van der Waals surface area contributed by atoms with Crippen molar-refractivity contribution in [3.8, 4) is 0 Å². The van der Waals surface area contributed by atoms with Crippen LogP contribution < -0.4 is 0 Å². The number of imide groups is 1. The van der Waals surface area contributed by atoms with Crippen LogP contribution in [0, 0.1) is 10.1 Å². The summed E-state index contributed by atoms with van der Waals surface area (Å²) in [6.07, 6.45) is 0. The Morgan fingerprint density at radius 1 is 1.05 bits per heavy atom. The van der Waals surface area contributed by atoms with Crippen molar-refractivity contribution in [3.63, 3.8) is 0 Å². The van der Waals surface area contributed by atoms with Gasteiger partial charge in [0.1, 0.15) is 0 Å². The number of benzene rings is 2. The molecule has 2 aromatic carbocycles. The second kappa shape index (κ2) is 5.23. The Hall–Kier alpha value is -2.73. The molecule has 0 bridgehead atoms. The fraction of sp³-hybridized carbons (Fsp3) is 0.0667. The lowest BCUT2D eigenvalue weighted by atomic mass is 10.1. The smallest absolute Gasteiger partial charge is 0.270 e. The molecular weight excluding hydrogens is 308 g/mol. The quantitative estimate of drug-likeness (QED) is 0.495. The monoisotopic (exact) mass is 316 g/mol. The molecule has 110 valence electrons. The molecule has 0 atom stereocenters. The van der Waals surface area contributed by atoms with E-state index in [9.17, 15) is 19.7 Å². The summed E-state index contributed by atoms with van der Waals surface area (Å²) in [6, 6.07) is 10.6. The van der Waals surface area contributed by atoms with Crippen LogP contribution in [0.15, 0.2) is 42.5 Å². The molecule has 0 radical (unpaired) electrons. The third kappa shape index (κ3) is 2.23. The molecule has 0 saturated carbocycles. The number of amides is 2. The van der Waals surface area contributed by atoms with E-state index in [4.69, 9.17) is 11.6 Å². The second-order valence-electron chi connectivity index (χ2n) is 4.77. The normalized spacial score (nSPS) is 13.4. The van der Waals surface area contributed by atoms with Gasteiger partial charge in [-0.15, -0.1) is 0 Å². The van der Waals surface area contributed by atoms with Crippen molar-refractivity contribution in [2.45, 2.75) is 6.54 Å². The maximum Gasteiger partial charge on any atom is 0.275 e. The minimum atomic E-state index is -0.584. The fourth-order valence-corrected chi connectivity index (χ4v) is 2.56. The van der Waals surface area contributed by atoms with E-state index in [1.54, 1.807) is 24.3 Å². The number of hydrogen-bond donors (Lipinski definition) is 0. The molecule has 0 spiro atoms. The summed E-state index contributed by atoms with van der Waals surface area (Å²) in [5.41, 5.74) is 0.654. The van der Waals surface area contributed by atoms with E-state index in [1.807, 2.05) is 0 Å². The highest BCUT2D eigenvalue weighted by Crippen LogP contribution is 2.28. The summed E-state index contributed by atoms with van der Waals surface area (Å²) < 4.78 is 0. The highest BCUT2D eigenvalue weighted by Gasteiger charge is 2.36. The van der Waals surface area contributed by atoms with E-state index in [-0.39, 0.29) is 22.8 Å². The Morgan fingerprint density at radius 2 is 1.64 bits per heavy atom. The minimum Gasteiger partial charge on any atom is -0.270 e. The summed E-state index contributed by atoms with van der Waals surface area (Å²) in [6.45, 7) is -0.167. The van der Waals surface area contributed by atoms with E-state index >= 15 is 0 Å². The van der Waals surface area contributed by atoms with Gasteiger partial charge in [0.15, 0.2) is 0 Å². The number of nitro benzene ring substituents is 1. The fourth-order valence-electron chi connectivity index (χ4n) is 2.39. The molecule has 2 amide bonds. The van der Waals surface area contributed by atoms with Gasteiger partial charge in [0.25, 0.3) is 17.5 Å². The van der Waals surface area contributed by atoms with Crippen molar-refractivity contribution in [2.24, 2.45) is 0 Å². The van der Waals surface area contributed by atoms with Crippen LogP contribution in [-0.4, -0.2) is 21.6 Å². The molecule has 1 aliphatic rings. The Bertz CT molecular complexity index is 784. The molecule has 0 saturated heterocycles. The number of fused-ring (bicyclic) bond motifs is 1. The summed E-state index contributed by atoms with van der Waals surface area (Å²) in [7, 11) is 0. The maximum atomic E-state index is 12.3. The van der Waals surface area contributed by atoms with Crippen LogP contribution in [-0.2, 0) is 6.54 Å². The first-order chi connectivity index (χ1) is 10.5. The predicted molar refractivity (Wildman–Crippen MR) is 78.8 cm³/mol. The number of nitro groups is 1. The Labute approximate surface area is 130 Å². The molecule has 3 rings (SSSR count). The lowest BCUT2D eigenvalue weighted by Crippen LogP contribution is -2.29. The highest BCUT2D eigenvalue weighted by molar-refractivity contribution is 6.30. The van der Waals surface area contributed by atoms with Gasteiger partial charge in [-0.1, -0.05) is 23.7 Å². The molecule has 6 nitrogen and oxygen atoms in total. The second-order valence-corrected chi connectivity index (χ2v) is 5.21. The predicted octanol–water partition coefficient (Wildman–Crippen LogP) is 3.04. The number of carbonyl (C=O) groups is 2. The van der Waals surface area contributed by atoms with Gasteiger partial charge in [0, 0.05) is 16.7 Å². The zero-order valence-electron chi connectivity index (χ0n) is 11.2. The van der Waals surface area contributed by atoms with Gasteiger partial charge >= 0.3 is 0 Å². The summed E-state index contributed by atoms with van der Waals surface area (Å²) in [4.78, 5) is 36.0. The third-order valence-electron chi connectivity index (χ3n) is 3.45. The highest BCUT2D eigenvalue weighted by atomic mass is 35.5. The van der Waals surface area contributed by atoms with E-state index in [0.717, 1.165) is 4.90 Å². The summed E-state index contributed by atoms with van der Waals surface area (Å²) >= 11 is 5.76. The van der Waals surface area contributed by atoms with Gasteiger partial charge in [-0.05, 0) is 24.3 Å². The van der Waals surface area contributed by atoms with E-state index < -0.39 is 16.7 Å². The average molecular weight is 317 g/mol. The van der Waals surface area contributed by atoms with Crippen LogP contribution in [0.5, 0.6) is 0 Å². The van der Waals surface area contributed by atoms with Crippen LogP contribution in [0.25, 0.3) is 0 Å². The molecule has 2 aromatic rings. The molecule has 0 fully saturated rings. The van der Waals surface area contributed by atoms with Crippen LogP contribution in [0.3, 0.4) is 0 Å². The maximum absolute atomic E-state index is 12.3. The molecule has 0 aliphatic carbocycles. The van der Waals surface area contributed by atoms with Crippen LogP contribution in [0.1, 0.15) is 26.3 Å². The lowest BCUT2D eigenvalue weighted by Gasteiger charge is -2.14. The summed E-state index contributed by atoms with van der Waals surface area (Å²) in [5.74, 6) is -0.908. The van der Waals surface area contributed by atoms with Crippen molar-refractivity contribution in [1.29, 1.82) is 0 Å². The Kier molecular flexibility index (Phi) is 3.38. The van der Waals surface area contributed by atoms with Gasteiger partial charge in [-0.3, -0.25) is 24.6 Å². The van der Waals surface area contributed by atoms with Crippen molar-refractivity contribution in [3.05, 3.63) is 74.3 Å². The first-order valence-corrected chi connectivity index (χ1v) is 6.75. The van der Waals surface area contributed by atoms with Crippen molar-refractivity contribution in [2.75, 3.05) is 0 Å². The van der Waals surface area contributed by atoms with Crippen molar-refractivity contribution >= 4 is 29.1 Å². The van der Waals surface area contributed by atoms with E-state index in [1.165, 1.54) is 18.2 Å². The molecule has 1 aliphatic heterocycles. The van der Waals surface area contributed by atoms with E-state index in [0.29, 0.717) is 11.1 Å². The number of nitrogens with zero attached hydrogens (tertiary/aromatic N) is 2. The largest absolute Gasteiger partial charge is 0.275 e. The number of hydrogen-bond acceptors (Lipinski definition) is 4. The van der Waals surface area contributed by atoms with Gasteiger partial charge in [-0.2, -0.15) is 0 Å². The van der Waals surface area contributed by atoms with Gasteiger partial charge in [-0.25, -0.2) is 0 Å². The minimum absolute atomic E-state index is 0.167. The molecule has 0 unspecified atom stereocenters. The molecule has 7 heteroatoms. The van der Waals surface area contributed by atoms with Crippen LogP contribution in [0.2, 0.25) is 5.02 Å². The van der Waals surface area contributed by atoms with Crippen LogP contribution in [0.4, 0.5) is 5.69 Å². The molecule has 0 N–H and O–H groups in total. The number of carbonyl (C=O) groups excluding carboxylic acids is 2. The standard InChI is InChI=1S/C15H9ClN2O4/c16-10-6-5-9(13(7-10)18(21)22)8-17-14(19)11-3-1-2-4-12(11)15(17)20/h1-7H,8H2. The summed E-state index contributed by atoms with van der Waals surface area (Å²) in [5, 5.41) is 11.3. The van der Waals surface area contributed by atoms with Crippen molar-refractivity contribution < 1.29 is 14.5 Å². The SMILES string of the molecule is O=C1c2ccccc2C(=O)N1Cc1ccc(Cl)cc1[N+](=O)[O-]. The third-order valence-corrected chi connectivity index (χ3v) is 3.69. The molecular formula is C15H9ClN2O4. The molecule has 22 heavy (non-hydrogen) atoms. The first-order valence-electron chi connectivity index (χ1n) is 6.37. The average Bonchev–Trinajstić information content (AvgIpc) is 2.74. The Morgan fingerprint density at radius 3 is 2.18 bits per heavy atom. The van der Waals surface area contributed by atoms with Gasteiger partial charge in [0.05, 0.1) is 22.6 Å². The first kappa shape index (κ1) is 14.2. The molecule has 0 aromatic heterocycles. The van der Waals surface area contributed by atoms with Crippen molar-refractivity contribution in [1.82, 2.24) is 4.90 Å². The number of rotatable bonds is 3. The Balaban J connectivity index is 1.98. The number of halogens is 1. The van der Waals surface area contributed by atoms with Gasteiger partial charge < -0.3 is 0 Å². The van der Waals surface area contributed by atoms with Gasteiger partial charge in [0.2, 0.25) is 0 Å². The van der Waals surface area contributed by atoms with E-state index in [2.05, 4.69) is 0 Å². The molecule has 1 heterocycles. The zero-order chi connectivity index (χ0) is 15.9. The van der Waals surface area contributed by atoms with Crippen LogP contribution >= 0.6 is 11.6 Å². The zero-order valence-corrected chi connectivity index (χ0v) is 11.9. The topological polar surface area (TPSA) is 80.5 Å². The lowest BCUT2D eigenvalue weighted by molar-refractivity contribution is -0.385.